The first-order chi connectivity index (χ1) is 7.04. The number of piperidine rings is 1. The molecule has 1 rings (SSSR count). The maximum atomic E-state index is 10.9. The van der Waals surface area contributed by atoms with E-state index in [1.54, 1.807) is 0 Å². The lowest BCUT2D eigenvalue weighted by molar-refractivity contribution is -0.119. The molecule has 0 aliphatic carbocycles. The molecular weight excluding hydrogens is 190 g/mol. The van der Waals surface area contributed by atoms with E-state index in [0.717, 1.165) is 25.9 Å². The van der Waals surface area contributed by atoms with Crippen molar-refractivity contribution in [2.45, 2.75) is 51.7 Å². The van der Waals surface area contributed by atoms with Crippen molar-refractivity contribution < 1.29 is 4.79 Å². The molecule has 3 atom stereocenters. The Bertz CT molecular complexity index is 220. The largest absolute Gasteiger partial charge is 0.368 e. The van der Waals surface area contributed by atoms with Gasteiger partial charge in [0.05, 0.1) is 6.04 Å². The number of hydrogen-bond acceptors (Lipinski definition) is 3. The molecule has 1 amide bonds. The number of nitrogens with one attached hydrogen (secondary N) is 1. The first-order valence-corrected chi connectivity index (χ1v) is 5.84. The first kappa shape index (κ1) is 12.5. The summed E-state index contributed by atoms with van der Waals surface area (Å²) in [5.41, 5.74) is 5.23. The molecule has 2 unspecified atom stereocenters. The van der Waals surface area contributed by atoms with Gasteiger partial charge >= 0.3 is 0 Å². The van der Waals surface area contributed by atoms with Gasteiger partial charge in [0.2, 0.25) is 5.91 Å². The smallest absolute Gasteiger partial charge is 0.234 e. The van der Waals surface area contributed by atoms with Crippen LogP contribution in [0.4, 0.5) is 0 Å². The first-order valence-electron chi connectivity index (χ1n) is 5.84. The molecule has 0 radical (unpaired) electrons. The van der Waals surface area contributed by atoms with E-state index in [-0.39, 0.29) is 11.9 Å². The van der Waals surface area contributed by atoms with Crippen LogP contribution in [0.15, 0.2) is 0 Å². The van der Waals surface area contributed by atoms with Gasteiger partial charge in [0.1, 0.15) is 0 Å². The fourth-order valence-electron chi connectivity index (χ4n) is 2.28. The summed E-state index contributed by atoms with van der Waals surface area (Å²) >= 11 is 0. The molecule has 1 saturated heterocycles. The quantitative estimate of drug-likeness (QED) is 0.707. The van der Waals surface area contributed by atoms with Crippen molar-refractivity contribution in [3.05, 3.63) is 0 Å². The van der Waals surface area contributed by atoms with Gasteiger partial charge in [0, 0.05) is 12.1 Å². The molecule has 1 heterocycles. The fourth-order valence-corrected chi connectivity index (χ4v) is 2.28. The zero-order valence-corrected chi connectivity index (χ0v) is 9.99. The lowest BCUT2D eigenvalue weighted by atomic mass is 9.97. The van der Waals surface area contributed by atoms with Crippen LogP contribution in [0.5, 0.6) is 0 Å². The molecule has 1 fully saturated rings. The van der Waals surface area contributed by atoms with Gasteiger partial charge in [0.15, 0.2) is 0 Å². The van der Waals surface area contributed by atoms with E-state index in [2.05, 4.69) is 24.1 Å². The topological polar surface area (TPSA) is 58.4 Å². The highest BCUT2D eigenvalue weighted by Gasteiger charge is 2.25. The van der Waals surface area contributed by atoms with Crippen molar-refractivity contribution >= 4 is 5.91 Å². The molecule has 0 aromatic rings. The fraction of sp³-hybridized carbons (Fsp3) is 0.909. The van der Waals surface area contributed by atoms with Crippen LogP contribution in [-0.2, 0) is 4.79 Å². The molecule has 4 nitrogen and oxygen atoms in total. The Morgan fingerprint density at radius 2 is 2.33 bits per heavy atom. The number of nitrogens with zero attached hydrogens (tertiary/aromatic N) is 1. The number of hydrogen-bond donors (Lipinski definition) is 2. The van der Waals surface area contributed by atoms with Crippen LogP contribution in [0, 0.1) is 0 Å². The summed E-state index contributed by atoms with van der Waals surface area (Å²) in [5.74, 6) is -0.263. The van der Waals surface area contributed by atoms with E-state index < -0.39 is 0 Å². The zero-order valence-electron chi connectivity index (χ0n) is 9.99. The van der Waals surface area contributed by atoms with E-state index in [0.29, 0.717) is 12.1 Å². The van der Waals surface area contributed by atoms with Crippen LogP contribution in [0.1, 0.15) is 33.6 Å². The van der Waals surface area contributed by atoms with Gasteiger partial charge in [-0.15, -0.1) is 0 Å². The molecule has 0 spiro atoms. The van der Waals surface area contributed by atoms with E-state index in [4.69, 9.17) is 5.73 Å². The molecule has 0 bridgehead atoms. The van der Waals surface area contributed by atoms with E-state index in [1.165, 1.54) is 0 Å². The number of primary amides is 1. The van der Waals surface area contributed by atoms with Crippen LogP contribution in [0.2, 0.25) is 0 Å². The zero-order chi connectivity index (χ0) is 11.4. The summed E-state index contributed by atoms with van der Waals surface area (Å²) in [4.78, 5) is 13.4. The van der Waals surface area contributed by atoms with Gasteiger partial charge in [0.25, 0.3) is 0 Å². The van der Waals surface area contributed by atoms with Gasteiger partial charge in [-0.2, -0.15) is 0 Å². The summed E-state index contributed by atoms with van der Waals surface area (Å²) in [6.45, 7) is 8.49. The predicted molar refractivity (Wildman–Crippen MR) is 61.5 cm³/mol. The molecule has 88 valence electrons. The van der Waals surface area contributed by atoms with Crippen molar-refractivity contribution in [2.24, 2.45) is 5.73 Å². The van der Waals surface area contributed by atoms with Crippen molar-refractivity contribution in [3.8, 4) is 0 Å². The molecule has 15 heavy (non-hydrogen) atoms. The third-order valence-electron chi connectivity index (χ3n) is 3.33. The molecule has 4 heteroatoms. The lowest BCUT2D eigenvalue weighted by Crippen LogP contribution is -2.51. The Hall–Kier alpha value is -0.610. The summed E-state index contributed by atoms with van der Waals surface area (Å²) < 4.78 is 0. The van der Waals surface area contributed by atoms with Gasteiger partial charge in [-0.3, -0.25) is 4.79 Å². The second kappa shape index (κ2) is 5.47. The van der Waals surface area contributed by atoms with Gasteiger partial charge < -0.3 is 16.0 Å². The third kappa shape index (κ3) is 3.47. The Morgan fingerprint density at radius 1 is 1.67 bits per heavy atom. The summed E-state index contributed by atoms with van der Waals surface area (Å²) in [7, 11) is 0. The minimum atomic E-state index is -0.263. The van der Waals surface area contributed by atoms with Crippen LogP contribution in [0.25, 0.3) is 0 Å². The number of nitrogens with two attached hydrogens (primary N) is 1. The standard InChI is InChI=1S/C11H23N3O/c1-4-14-6-5-10(7-8(14)2)13-9(3)11(12)15/h8-10,13H,4-7H2,1-3H3,(H2,12,15)/t8?,9-,10?/m0/s1. The average molecular weight is 213 g/mol. The van der Waals surface area contributed by atoms with E-state index in [1.807, 2.05) is 6.92 Å². The monoisotopic (exact) mass is 213 g/mol. The van der Waals surface area contributed by atoms with Crippen LogP contribution >= 0.6 is 0 Å². The number of amides is 1. The second-order valence-corrected chi connectivity index (χ2v) is 4.49. The van der Waals surface area contributed by atoms with Crippen molar-refractivity contribution in [1.29, 1.82) is 0 Å². The van der Waals surface area contributed by atoms with Crippen molar-refractivity contribution in [3.63, 3.8) is 0 Å². The maximum Gasteiger partial charge on any atom is 0.234 e. The Morgan fingerprint density at radius 3 is 2.80 bits per heavy atom. The molecule has 1 aliphatic rings. The summed E-state index contributed by atoms with van der Waals surface area (Å²) in [6, 6.07) is 0.821. The average Bonchev–Trinajstić information content (AvgIpc) is 2.18. The summed E-state index contributed by atoms with van der Waals surface area (Å²) in [6.07, 6.45) is 2.21. The minimum absolute atomic E-state index is 0.213. The Kier molecular flexibility index (Phi) is 4.54. The van der Waals surface area contributed by atoms with E-state index in [9.17, 15) is 4.79 Å². The Balaban J connectivity index is 2.37. The van der Waals surface area contributed by atoms with Crippen molar-refractivity contribution in [1.82, 2.24) is 10.2 Å². The molecule has 0 aromatic carbocycles. The minimum Gasteiger partial charge on any atom is -0.368 e. The normalized spacial score (nSPS) is 30.1. The molecule has 0 aromatic heterocycles. The van der Waals surface area contributed by atoms with Crippen LogP contribution < -0.4 is 11.1 Å². The number of likely N-dealkylation sites (tertiary alicyclic amines) is 1. The lowest BCUT2D eigenvalue weighted by Gasteiger charge is -2.38. The number of carbonyl (C=O) groups is 1. The molecule has 1 aliphatic heterocycles. The number of rotatable bonds is 4. The van der Waals surface area contributed by atoms with Gasteiger partial charge in [-0.1, -0.05) is 6.92 Å². The highest BCUT2D eigenvalue weighted by atomic mass is 16.1. The van der Waals surface area contributed by atoms with E-state index >= 15 is 0 Å². The molecular formula is C11H23N3O. The predicted octanol–water partition coefficient (Wildman–Crippen LogP) is 0.323. The summed E-state index contributed by atoms with van der Waals surface area (Å²) in [5, 5.41) is 3.29. The third-order valence-corrected chi connectivity index (χ3v) is 3.33. The number of carbonyl (C=O) groups excluding carboxylic acids is 1. The van der Waals surface area contributed by atoms with Crippen LogP contribution in [0.3, 0.4) is 0 Å². The highest BCUT2D eigenvalue weighted by Crippen LogP contribution is 2.17. The highest BCUT2D eigenvalue weighted by molar-refractivity contribution is 5.79. The van der Waals surface area contributed by atoms with Crippen LogP contribution in [-0.4, -0.2) is 42.0 Å². The Labute approximate surface area is 92.2 Å². The van der Waals surface area contributed by atoms with Gasteiger partial charge in [-0.05, 0) is 39.8 Å². The van der Waals surface area contributed by atoms with Gasteiger partial charge in [-0.25, -0.2) is 0 Å². The molecule has 0 saturated carbocycles. The second-order valence-electron chi connectivity index (χ2n) is 4.49. The maximum absolute atomic E-state index is 10.9. The SMILES string of the molecule is CCN1CCC(N[C@@H](C)C(N)=O)CC1C. The van der Waals surface area contributed by atoms with Crippen molar-refractivity contribution in [2.75, 3.05) is 13.1 Å². The molecule has 3 N–H and O–H groups in total.